The van der Waals surface area contributed by atoms with E-state index in [0.29, 0.717) is 17.5 Å². The zero-order valence-electron chi connectivity index (χ0n) is 11.3. The summed E-state index contributed by atoms with van der Waals surface area (Å²) in [6, 6.07) is 12.2. The second kappa shape index (κ2) is 5.48. The fourth-order valence-corrected chi connectivity index (χ4v) is 2.58. The van der Waals surface area contributed by atoms with E-state index in [0.717, 1.165) is 12.0 Å². The fraction of sp³-hybridized carbons (Fsp3) is 0.176. The Morgan fingerprint density at radius 2 is 1.81 bits per heavy atom. The summed E-state index contributed by atoms with van der Waals surface area (Å²) in [4.78, 5) is 24.5. The average molecular weight is 283 g/mol. The van der Waals surface area contributed by atoms with Gasteiger partial charge >= 0.3 is 0 Å². The zero-order valence-corrected chi connectivity index (χ0v) is 11.3. The molecule has 1 atom stereocenters. The summed E-state index contributed by atoms with van der Waals surface area (Å²) in [7, 11) is 0. The Labute approximate surface area is 121 Å². The molecule has 0 aliphatic heterocycles. The summed E-state index contributed by atoms with van der Waals surface area (Å²) >= 11 is 0. The summed E-state index contributed by atoms with van der Waals surface area (Å²) in [6.45, 7) is 0. The summed E-state index contributed by atoms with van der Waals surface area (Å²) in [6.07, 6.45) is 1.35. The van der Waals surface area contributed by atoms with Gasteiger partial charge in [-0.25, -0.2) is 4.39 Å². The van der Waals surface area contributed by atoms with Crippen molar-refractivity contribution in [2.45, 2.75) is 18.9 Å². The minimum absolute atomic E-state index is 0.0627. The maximum Gasteiger partial charge on any atom is 0.251 e. The first-order chi connectivity index (χ1) is 10.1. The number of Topliss-reactive ketones (excluding diaryl/α,β-unsaturated/α-hetero) is 1. The topological polar surface area (TPSA) is 46.2 Å². The Morgan fingerprint density at radius 1 is 1.10 bits per heavy atom. The number of hydrogen-bond acceptors (Lipinski definition) is 2. The van der Waals surface area contributed by atoms with Gasteiger partial charge in [-0.15, -0.1) is 0 Å². The van der Waals surface area contributed by atoms with Crippen molar-refractivity contribution in [1.82, 2.24) is 5.32 Å². The van der Waals surface area contributed by atoms with Gasteiger partial charge in [-0.2, -0.15) is 0 Å². The van der Waals surface area contributed by atoms with Crippen molar-refractivity contribution in [2.75, 3.05) is 0 Å². The SMILES string of the molecule is O=C(N[C@H]1CCc2ccccc2C1=O)c1ccc(F)cc1. The highest BCUT2D eigenvalue weighted by Crippen LogP contribution is 2.21. The van der Waals surface area contributed by atoms with E-state index in [2.05, 4.69) is 5.32 Å². The van der Waals surface area contributed by atoms with E-state index < -0.39 is 11.9 Å². The first kappa shape index (κ1) is 13.5. The monoisotopic (exact) mass is 283 g/mol. The standard InChI is InChI=1S/C17H14FNO2/c18-13-8-5-12(6-9-13)17(21)19-15-10-7-11-3-1-2-4-14(11)16(15)20/h1-6,8-9,15H,7,10H2,(H,19,21)/t15-/m0/s1. The van der Waals surface area contributed by atoms with Crippen LogP contribution in [0.5, 0.6) is 0 Å². The lowest BCUT2D eigenvalue weighted by Gasteiger charge is -2.24. The van der Waals surface area contributed by atoms with Crippen LogP contribution in [0.2, 0.25) is 0 Å². The van der Waals surface area contributed by atoms with Gasteiger partial charge in [0.2, 0.25) is 0 Å². The van der Waals surface area contributed by atoms with Gasteiger partial charge in [-0.05, 0) is 42.7 Å². The first-order valence-corrected chi connectivity index (χ1v) is 6.84. The van der Waals surface area contributed by atoms with E-state index in [4.69, 9.17) is 0 Å². The minimum atomic E-state index is -0.516. The number of amides is 1. The van der Waals surface area contributed by atoms with Gasteiger partial charge < -0.3 is 5.32 Å². The molecule has 21 heavy (non-hydrogen) atoms. The molecule has 1 N–H and O–H groups in total. The number of rotatable bonds is 2. The predicted molar refractivity (Wildman–Crippen MR) is 76.7 cm³/mol. The normalized spacial score (nSPS) is 17.2. The Bertz CT molecular complexity index is 694. The average Bonchev–Trinajstić information content (AvgIpc) is 2.51. The third kappa shape index (κ3) is 2.70. The van der Waals surface area contributed by atoms with E-state index in [1.807, 2.05) is 18.2 Å². The zero-order chi connectivity index (χ0) is 14.8. The highest BCUT2D eigenvalue weighted by atomic mass is 19.1. The molecule has 106 valence electrons. The minimum Gasteiger partial charge on any atom is -0.342 e. The number of carbonyl (C=O) groups excluding carboxylic acids is 2. The van der Waals surface area contributed by atoms with Gasteiger partial charge in [0.15, 0.2) is 5.78 Å². The number of benzene rings is 2. The molecule has 4 heteroatoms. The van der Waals surface area contributed by atoms with E-state index in [1.54, 1.807) is 6.07 Å². The molecule has 1 aliphatic rings. The van der Waals surface area contributed by atoms with Crippen molar-refractivity contribution in [1.29, 1.82) is 0 Å². The number of nitrogens with one attached hydrogen (secondary N) is 1. The van der Waals surface area contributed by atoms with Crippen LogP contribution in [0.1, 0.15) is 32.7 Å². The van der Waals surface area contributed by atoms with E-state index in [1.165, 1.54) is 24.3 Å². The van der Waals surface area contributed by atoms with Crippen LogP contribution < -0.4 is 5.32 Å². The molecule has 0 aromatic heterocycles. The summed E-state index contributed by atoms with van der Waals surface area (Å²) < 4.78 is 12.9. The van der Waals surface area contributed by atoms with Crippen LogP contribution in [-0.2, 0) is 6.42 Å². The predicted octanol–water partition coefficient (Wildman–Crippen LogP) is 2.75. The Balaban J connectivity index is 1.76. The molecule has 0 radical (unpaired) electrons. The quantitative estimate of drug-likeness (QED) is 0.921. The lowest BCUT2D eigenvalue weighted by molar-refractivity contribution is 0.0845. The molecule has 1 aliphatic carbocycles. The number of hydrogen-bond donors (Lipinski definition) is 1. The van der Waals surface area contributed by atoms with Crippen molar-refractivity contribution >= 4 is 11.7 Å². The van der Waals surface area contributed by atoms with Gasteiger partial charge in [0.1, 0.15) is 5.82 Å². The van der Waals surface area contributed by atoms with E-state index >= 15 is 0 Å². The third-order valence-corrected chi connectivity index (χ3v) is 3.71. The summed E-state index contributed by atoms with van der Waals surface area (Å²) in [5, 5.41) is 2.73. The van der Waals surface area contributed by atoms with Crippen molar-refractivity contribution in [3.63, 3.8) is 0 Å². The highest BCUT2D eigenvalue weighted by Gasteiger charge is 2.28. The fourth-order valence-electron chi connectivity index (χ4n) is 2.58. The summed E-state index contributed by atoms with van der Waals surface area (Å²) in [5.74, 6) is -0.811. The van der Waals surface area contributed by atoms with Crippen LogP contribution in [0.3, 0.4) is 0 Å². The molecule has 0 heterocycles. The van der Waals surface area contributed by atoms with Crippen molar-refractivity contribution < 1.29 is 14.0 Å². The van der Waals surface area contributed by atoms with Crippen LogP contribution in [0.4, 0.5) is 4.39 Å². The molecular weight excluding hydrogens is 269 g/mol. The van der Waals surface area contributed by atoms with Crippen LogP contribution in [0.25, 0.3) is 0 Å². The van der Waals surface area contributed by atoms with Gasteiger partial charge in [0.25, 0.3) is 5.91 Å². The molecule has 0 spiro atoms. The van der Waals surface area contributed by atoms with E-state index in [-0.39, 0.29) is 11.7 Å². The third-order valence-electron chi connectivity index (χ3n) is 3.71. The molecular formula is C17H14FNO2. The summed E-state index contributed by atoms with van der Waals surface area (Å²) in [5.41, 5.74) is 2.05. The number of aryl methyl sites for hydroxylation is 1. The first-order valence-electron chi connectivity index (χ1n) is 6.84. The van der Waals surface area contributed by atoms with Crippen molar-refractivity contribution in [2.24, 2.45) is 0 Å². The van der Waals surface area contributed by atoms with Gasteiger partial charge in [0, 0.05) is 11.1 Å². The van der Waals surface area contributed by atoms with Crippen LogP contribution in [0, 0.1) is 5.82 Å². The Hall–Kier alpha value is -2.49. The smallest absolute Gasteiger partial charge is 0.251 e. The van der Waals surface area contributed by atoms with Crippen LogP contribution >= 0.6 is 0 Å². The van der Waals surface area contributed by atoms with Crippen LogP contribution in [-0.4, -0.2) is 17.7 Å². The molecule has 0 saturated carbocycles. The molecule has 1 amide bonds. The highest BCUT2D eigenvalue weighted by molar-refractivity contribution is 6.05. The number of fused-ring (bicyclic) bond motifs is 1. The van der Waals surface area contributed by atoms with Crippen molar-refractivity contribution in [3.8, 4) is 0 Å². The van der Waals surface area contributed by atoms with Gasteiger partial charge in [-0.3, -0.25) is 9.59 Å². The molecule has 3 nitrogen and oxygen atoms in total. The number of carbonyl (C=O) groups is 2. The Kier molecular flexibility index (Phi) is 3.52. The van der Waals surface area contributed by atoms with Crippen LogP contribution in [0.15, 0.2) is 48.5 Å². The molecule has 0 fully saturated rings. The van der Waals surface area contributed by atoms with E-state index in [9.17, 15) is 14.0 Å². The number of ketones is 1. The number of halogens is 1. The maximum atomic E-state index is 12.9. The second-order valence-electron chi connectivity index (χ2n) is 5.09. The van der Waals surface area contributed by atoms with Gasteiger partial charge in [-0.1, -0.05) is 24.3 Å². The molecule has 2 aromatic rings. The second-order valence-corrected chi connectivity index (χ2v) is 5.09. The molecule has 0 saturated heterocycles. The largest absolute Gasteiger partial charge is 0.342 e. The molecule has 0 unspecified atom stereocenters. The van der Waals surface area contributed by atoms with Gasteiger partial charge in [0.05, 0.1) is 6.04 Å². The molecule has 2 aromatic carbocycles. The Morgan fingerprint density at radius 3 is 2.57 bits per heavy atom. The molecule has 0 bridgehead atoms. The lowest BCUT2D eigenvalue weighted by Crippen LogP contribution is -2.43. The lowest BCUT2D eigenvalue weighted by atomic mass is 9.87. The van der Waals surface area contributed by atoms with Crippen molar-refractivity contribution in [3.05, 3.63) is 71.0 Å². The molecule has 3 rings (SSSR count). The maximum absolute atomic E-state index is 12.9.